The lowest BCUT2D eigenvalue weighted by Gasteiger charge is -2.03. The number of carbonyl (C=O) groups excluding carboxylic acids is 1. The van der Waals surface area contributed by atoms with Crippen molar-refractivity contribution >= 4 is 23.2 Å². The normalized spacial score (nSPS) is 10.1. The predicted octanol–water partition coefficient (Wildman–Crippen LogP) is 1.91. The van der Waals surface area contributed by atoms with Crippen LogP contribution in [0, 0.1) is 0 Å². The summed E-state index contributed by atoms with van der Waals surface area (Å²) in [5.74, 6) is 0.0662. The van der Waals surface area contributed by atoms with Crippen molar-refractivity contribution < 1.29 is 9.21 Å². The maximum Gasteiger partial charge on any atom is 0.247 e. The highest BCUT2D eigenvalue weighted by atomic mass is 35.5. The molecule has 0 atom stereocenters. The highest BCUT2D eigenvalue weighted by Crippen LogP contribution is 2.20. The van der Waals surface area contributed by atoms with E-state index in [4.69, 9.17) is 16.0 Å². The van der Waals surface area contributed by atoms with Gasteiger partial charge in [0.05, 0.1) is 0 Å². The zero-order valence-electron chi connectivity index (χ0n) is 8.18. The van der Waals surface area contributed by atoms with Crippen molar-refractivity contribution in [3.63, 3.8) is 0 Å². The number of amides is 1. The lowest BCUT2D eigenvalue weighted by atomic mass is 10.2. The predicted molar refractivity (Wildman–Crippen MR) is 59.1 cm³/mol. The molecule has 0 saturated heterocycles. The van der Waals surface area contributed by atoms with Gasteiger partial charge in [0.1, 0.15) is 5.88 Å². The summed E-state index contributed by atoms with van der Waals surface area (Å²) in [6, 6.07) is 7.08. The van der Waals surface area contributed by atoms with E-state index in [2.05, 4.69) is 15.5 Å². The molecule has 1 aromatic carbocycles. The third-order valence-electron chi connectivity index (χ3n) is 1.87. The number of nitrogens with zero attached hydrogens (tertiary/aromatic N) is 2. The first-order chi connectivity index (χ1) is 7.79. The molecule has 16 heavy (non-hydrogen) atoms. The van der Waals surface area contributed by atoms with E-state index in [0.717, 1.165) is 5.56 Å². The van der Waals surface area contributed by atoms with Gasteiger partial charge in [-0.1, -0.05) is 6.07 Å². The fraction of sp³-hybridized carbons (Fsp3) is 0.100. The molecule has 0 bridgehead atoms. The van der Waals surface area contributed by atoms with Crippen LogP contribution in [-0.2, 0) is 4.79 Å². The Bertz CT molecular complexity index is 485. The standard InChI is InChI=1S/C10H8ClN3O2/c11-5-9(15)13-8-3-1-2-7(4-8)10-14-12-6-16-10/h1-4,6H,5H2,(H,13,15). The SMILES string of the molecule is O=C(CCl)Nc1cccc(-c2nnco2)c1. The Kier molecular flexibility index (Phi) is 3.16. The van der Waals surface area contributed by atoms with Gasteiger partial charge in [-0.15, -0.1) is 21.8 Å². The summed E-state index contributed by atoms with van der Waals surface area (Å²) in [6.07, 6.45) is 1.25. The first kappa shape index (κ1) is 10.6. The minimum atomic E-state index is -0.260. The summed E-state index contributed by atoms with van der Waals surface area (Å²) in [7, 11) is 0. The number of nitrogens with one attached hydrogen (secondary N) is 1. The highest BCUT2D eigenvalue weighted by molar-refractivity contribution is 6.29. The summed E-state index contributed by atoms with van der Waals surface area (Å²) in [6.45, 7) is 0. The van der Waals surface area contributed by atoms with E-state index in [1.165, 1.54) is 6.39 Å². The summed E-state index contributed by atoms with van der Waals surface area (Å²) in [5.41, 5.74) is 1.38. The van der Waals surface area contributed by atoms with Crippen molar-refractivity contribution in [2.45, 2.75) is 0 Å². The molecule has 0 saturated carbocycles. The zero-order valence-corrected chi connectivity index (χ0v) is 8.94. The fourth-order valence-electron chi connectivity index (χ4n) is 1.22. The number of benzene rings is 1. The molecular weight excluding hydrogens is 230 g/mol. The van der Waals surface area contributed by atoms with Gasteiger partial charge in [-0.25, -0.2) is 0 Å². The molecule has 1 amide bonds. The molecule has 0 spiro atoms. The van der Waals surface area contributed by atoms with Crippen LogP contribution >= 0.6 is 11.6 Å². The first-order valence-electron chi connectivity index (χ1n) is 4.52. The van der Waals surface area contributed by atoms with Crippen molar-refractivity contribution in [1.29, 1.82) is 0 Å². The van der Waals surface area contributed by atoms with Gasteiger partial charge in [0.15, 0.2) is 0 Å². The van der Waals surface area contributed by atoms with Gasteiger partial charge in [-0.3, -0.25) is 4.79 Å². The van der Waals surface area contributed by atoms with E-state index in [0.29, 0.717) is 11.6 Å². The number of carbonyl (C=O) groups is 1. The summed E-state index contributed by atoms with van der Waals surface area (Å²) in [5, 5.41) is 9.98. The van der Waals surface area contributed by atoms with Gasteiger partial charge in [0.25, 0.3) is 0 Å². The molecule has 1 aromatic heterocycles. The third kappa shape index (κ3) is 2.38. The van der Waals surface area contributed by atoms with E-state index in [-0.39, 0.29) is 11.8 Å². The number of alkyl halides is 1. The van der Waals surface area contributed by atoms with Gasteiger partial charge in [0, 0.05) is 11.3 Å². The number of anilines is 1. The Morgan fingerprint density at radius 1 is 1.50 bits per heavy atom. The minimum absolute atomic E-state index is 0.0786. The molecule has 5 nitrogen and oxygen atoms in total. The van der Waals surface area contributed by atoms with Crippen LogP contribution in [0.4, 0.5) is 5.69 Å². The molecule has 82 valence electrons. The van der Waals surface area contributed by atoms with Gasteiger partial charge >= 0.3 is 0 Å². The summed E-state index contributed by atoms with van der Waals surface area (Å²) in [4.78, 5) is 11.1. The lowest BCUT2D eigenvalue weighted by Crippen LogP contribution is -2.12. The molecule has 1 heterocycles. The maximum atomic E-state index is 11.1. The Morgan fingerprint density at radius 2 is 2.38 bits per heavy atom. The van der Waals surface area contributed by atoms with E-state index in [9.17, 15) is 4.79 Å². The lowest BCUT2D eigenvalue weighted by molar-refractivity contribution is -0.113. The van der Waals surface area contributed by atoms with Gasteiger partial charge in [0.2, 0.25) is 18.2 Å². The monoisotopic (exact) mass is 237 g/mol. The average molecular weight is 238 g/mol. The molecule has 0 aliphatic carbocycles. The molecule has 6 heteroatoms. The smallest absolute Gasteiger partial charge is 0.247 e. The second kappa shape index (κ2) is 4.76. The number of hydrogen-bond donors (Lipinski definition) is 1. The third-order valence-corrected chi connectivity index (χ3v) is 2.12. The van der Waals surface area contributed by atoms with E-state index in [1.54, 1.807) is 18.2 Å². The van der Waals surface area contributed by atoms with Gasteiger partial charge in [-0.2, -0.15) is 0 Å². The van der Waals surface area contributed by atoms with Crippen molar-refractivity contribution in [2.24, 2.45) is 0 Å². The molecule has 0 fully saturated rings. The number of hydrogen-bond acceptors (Lipinski definition) is 4. The Labute approximate surface area is 96.4 Å². The zero-order chi connectivity index (χ0) is 11.4. The van der Waals surface area contributed by atoms with E-state index >= 15 is 0 Å². The van der Waals surface area contributed by atoms with Crippen LogP contribution < -0.4 is 5.32 Å². The summed E-state index contributed by atoms with van der Waals surface area (Å²) < 4.78 is 5.04. The fourth-order valence-corrected chi connectivity index (χ4v) is 1.29. The van der Waals surface area contributed by atoms with Crippen molar-refractivity contribution in [3.05, 3.63) is 30.7 Å². The maximum absolute atomic E-state index is 11.1. The molecule has 0 aliphatic heterocycles. The Morgan fingerprint density at radius 3 is 3.06 bits per heavy atom. The summed E-state index contributed by atoms with van der Waals surface area (Å²) >= 11 is 5.39. The second-order valence-corrected chi connectivity index (χ2v) is 3.27. The quantitative estimate of drug-likeness (QED) is 0.828. The second-order valence-electron chi connectivity index (χ2n) is 3.01. The molecule has 2 aromatic rings. The van der Waals surface area contributed by atoms with Crippen LogP contribution in [0.15, 0.2) is 35.1 Å². The molecule has 0 aliphatic rings. The van der Waals surface area contributed by atoms with Crippen molar-refractivity contribution in [1.82, 2.24) is 10.2 Å². The number of aromatic nitrogens is 2. The Hall–Kier alpha value is -1.88. The minimum Gasteiger partial charge on any atom is -0.423 e. The highest BCUT2D eigenvalue weighted by Gasteiger charge is 2.05. The van der Waals surface area contributed by atoms with Crippen LogP contribution in [0.5, 0.6) is 0 Å². The van der Waals surface area contributed by atoms with E-state index in [1.807, 2.05) is 6.07 Å². The van der Waals surface area contributed by atoms with Crippen molar-refractivity contribution in [3.8, 4) is 11.5 Å². The molecule has 1 N–H and O–H groups in total. The molecular formula is C10H8ClN3O2. The largest absolute Gasteiger partial charge is 0.423 e. The van der Waals surface area contributed by atoms with Gasteiger partial charge < -0.3 is 9.73 Å². The molecule has 0 radical (unpaired) electrons. The van der Waals surface area contributed by atoms with Crippen LogP contribution in [0.2, 0.25) is 0 Å². The van der Waals surface area contributed by atoms with Gasteiger partial charge in [-0.05, 0) is 18.2 Å². The Balaban J connectivity index is 2.23. The number of halogens is 1. The molecule has 0 unspecified atom stereocenters. The van der Waals surface area contributed by atoms with Crippen LogP contribution in [0.25, 0.3) is 11.5 Å². The first-order valence-corrected chi connectivity index (χ1v) is 5.05. The average Bonchev–Trinajstić information content (AvgIpc) is 2.83. The van der Waals surface area contributed by atoms with Crippen LogP contribution in [-0.4, -0.2) is 22.0 Å². The van der Waals surface area contributed by atoms with E-state index < -0.39 is 0 Å². The van der Waals surface area contributed by atoms with Crippen LogP contribution in [0.3, 0.4) is 0 Å². The van der Waals surface area contributed by atoms with Crippen molar-refractivity contribution in [2.75, 3.05) is 11.2 Å². The molecule has 2 rings (SSSR count). The topological polar surface area (TPSA) is 68.0 Å². The number of rotatable bonds is 3. The van der Waals surface area contributed by atoms with Crippen LogP contribution in [0.1, 0.15) is 0 Å².